The van der Waals surface area contributed by atoms with Crippen LogP contribution in [0.3, 0.4) is 0 Å². The molecule has 0 saturated carbocycles. The number of carbonyl (C=O) groups excluding carboxylic acids is 2. The normalized spacial score (nSPS) is 8.14. The summed E-state index contributed by atoms with van der Waals surface area (Å²) < 4.78 is 0. The number of rotatable bonds is 3. The van der Waals surface area contributed by atoms with Crippen molar-refractivity contribution >= 4 is 23.8 Å². The van der Waals surface area contributed by atoms with Crippen molar-refractivity contribution in [3.63, 3.8) is 0 Å². The fraction of sp³-hybridized carbons (Fsp3) is 0.500. The molecule has 2 nitrogen and oxygen atoms in total. The van der Waals surface area contributed by atoms with E-state index in [1.54, 1.807) is 6.26 Å². The molecule has 0 aliphatic carbocycles. The van der Waals surface area contributed by atoms with Gasteiger partial charge in [-0.1, -0.05) is 0 Å². The maximum Gasteiger partial charge on any atom is 0.204 e. The molecule has 0 bridgehead atoms. The first-order valence-corrected chi connectivity index (χ1v) is 3.17. The number of thioether (sulfide) groups is 1. The molecular formula is C4H6O2S. The summed E-state index contributed by atoms with van der Waals surface area (Å²) in [6, 6.07) is 0. The van der Waals surface area contributed by atoms with E-state index in [4.69, 9.17) is 0 Å². The van der Waals surface area contributed by atoms with E-state index in [1.165, 1.54) is 11.8 Å². The molecule has 3 heteroatoms. The second-order valence-electron chi connectivity index (χ2n) is 1.02. The van der Waals surface area contributed by atoms with Crippen LogP contribution >= 0.6 is 11.8 Å². The van der Waals surface area contributed by atoms with Gasteiger partial charge >= 0.3 is 0 Å². The molecule has 0 heterocycles. The highest BCUT2D eigenvalue weighted by molar-refractivity contribution is 7.99. The lowest BCUT2D eigenvalue weighted by atomic mass is 10.5. The highest BCUT2D eigenvalue weighted by atomic mass is 32.2. The van der Waals surface area contributed by atoms with Gasteiger partial charge in [0.1, 0.15) is 0 Å². The summed E-state index contributed by atoms with van der Waals surface area (Å²) in [5.74, 6) is -0.0312. The molecule has 0 spiro atoms. The Morgan fingerprint density at radius 3 is 2.57 bits per heavy atom. The fourth-order valence-electron chi connectivity index (χ4n) is 0.176. The standard InChI is InChI=1S/C4H6O2S/c1-7-3-4(6)2-5/h2H,3H2,1H3. The Morgan fingerprint density at radius 2 is 2.43 bits per heavy atom. The molecule has 0 unspecified atom stereocenters. The maximum absolute atomic E-state index is 10.0. The highest BCUT2D eigenvalue weighted by Crippen LogP contribution is 1.87. The first kappa shape index (κ1) is 6.69. The molecule has 0 amide bonds. The quantitative estimate of drug-likeness (QED) is 0.390. The van der Waals surface area contributed by atoms with Crippen LogP contribution in [0.25, 0.3) is 0 Å². The zero-order valence-electron chi connectivity index (χ0n) is 4.01. The van der Waals surface area contributed by atoms with Gasteiger partial charge < -0.3 is 0 Å². The van der Waals surface area contributed by atoms with Crippen molar-refractivity contribution in [2.45, 2.75) is 0 Å². The summed E-state index contributed by atoms with van der Waals surface area (Å²) in [7, 11) is 0. The number of hydrogen-bond acceptors (Lipinski definition) is 3. The SMILES string of the molecule is CSCC(=O)C=O. The van der Waals surface area contributed by atoms with Gasteiger partial charge in [0.25, 0.3) is 0 Å². The molecule has 0 aliphatic heterocycles. The van der Waals surface area contributed by atoms with Crippen molar-refractivity contribution in [1.82, 2.24) is 0 Å². The van der Waals surface area contributed by atoms with Crippen LogP contribution in [0.1, 0.15) is 0 Å². The molecule has 0 aromatic heterocycles. The number of aldehydes is 1. The van der Waals surface area contributed by atoms with E-state index in [2.05, 4.69) is 0 Å². The molecule has 0 rings (SSSR count). The predicted molar refractivity (Wildman–Crippen MR) is 29.5 cm³/mol. The average molecular weight is 118 g/mol. The second-order valence-corrected chi connectivity index (χ2v) is 1.88. The fourth-order valence-corrected chi connectivity index (χ4v) is 0.529. The van der Waals surface area contributed by atoms with Crippen LogP contribution < -0.4 is 0 Å². The van der Waals surface area contributed by atoms with Gasteiger partial charge in [0.2, 0.25) is 5.78 Å². The van der Waals surface area contributed by atoms with Crippen LogP contribution in [0.4, 0.5) is 0 Å². The lowest BCUT2D eigenvalue weighted by molar-refractivity contribution is -0.128. The van der Waals surface area contributed by atoms with Gasteiger partial charge in [-0.2, -0.15) is 11.8 Å². The summed E-state index contributed by atoms with van der Waals surface area (Å²) in [5.41, 5.74) is 0. The van der Waals surface area contributed by atoms with Crippen LogP contribution in [0.5, 0.6) is 0 Å². The van der Waals surface area contributed by atoms with Gasteiger partial charge in [0.15, 0.2) is 6.29 Å². The predicted octanol–water partition coefficient (Wildman–Crippen LogP) is 0.117. The Morgan fingerprint density at radius 1 is 1.86 bits per heavy atom. The van der Waals surface area contributed by atoms with Crippen LogP contribution in [0, 0.1) is 0 Å². The third-order valence-electron chi connectivity index (χ3n) is 0.418. The minimum Gasteiger partial charge on any atom is -0.295 e. The molecule has 0 aromatic rings. The molecule has 0 aromatic carbocycles. The summed E-state index contributed by atoms with van der Waals surface area (Å²) in [5, 5.41) is 0. The Balaban J connectivity index is 3.17. The zero-order chi connectivity index (χ0) is 5.70. The number of hydrogen-bond donors (Lipinski definition) is 0. The van der Waals surface area contributed by atoms with E-state index in [-0.39, 0.29) is 5.78 Å². The molecule has 0 aliphatic rings. The van der Waals surface area contributed by atoms with Crippen molar-refractivity contribution in [2.24, 2.45) is 0 Å². The molecular weight excluding hydrogens is 112 g/mol. The minimum atomic E-state index is -0.340. The Hall–Kier alpha value is -0.310. The largest absolute Gasteiger partial charge is 0.295 e. The third-order valence-corrected chi connectivity index (χ3v) is 0.991. The molecule has 0 atom stereocenters. The van der Waals surface area contributed by atoms with Gasteiger partial charge in [0.05, 0.1) is 5.75 Å². The van der Waals surface area contributed by atoms with Crippen molar-refractivity contribution in [1.29, 1.82) is 0 Å². The van der Waals surface area contributed by atoms with Crippen molar-refractivity contribution in [3.8, 4) is 0 Å². The zero-order valence-corrected chi connectivity index (χ0v) is 4.83. The van der Waals surface area contributed by atoms with Crippen LogP contribution in [0.15, 0.2) is 0 Å². The first-order valence-electron chi connectivity index (χ1n) is 1.78. The van der Waals surface area contributed by atoms with Gasteiger partial charge in [-0.15, -0.1) is 0 Å². The molecule has 7 heavy (non-hydrogen) atoms. The van der Waals surface area contributed by atoms with E-state index in [1.807, 2.05) is 0 Å². The molecule has 0 radical (unpaired) electrons. The van der Waals surface area contributed by atoms with Gasteiger partial charge in [-0.25, -0.2) is 0 Å². The summed E-state index contributed by atoms with van der Waals surface area (Å²) in [6.45, 7) is 0. The maximum atomic E-state index is 10.0. The van der Waals surface area contributed by atoms with E-state index in [9.17, 15) is 9.59 Å². The van der Waals surface area contributed by atoms with Crippen molar-refractivity contribution in [2.75, 3.05) is 12.0 Å². The Labute approximate surface area is 46.3 Å². The van der Waals surface area contributed by atoms with Gasteiger partial charge in [0, 0.05) is 0 Å². The van der Waals surface area contributed by atoms with E-state index >= 15 is 0 Å². The van der Waals surface area contributed by atoms with Crippen LogP contribution in [-0.4, -0.2) is 24.1 Å². The van der Waals surface area contributed by atoms with E-state index in [0.29, 0.717) is 12.0 Å². The molecule has 0 saturated heterocycles. The lowest BCUT2D eigenvalue weighted by Crippen LogP contribution is -2.00. The van der Waals surface area contributed by atoms with Gasteiger partial charge in [-0.05, 0) is 6.26 Å². The highest BCUT2D eigenvalue weighted by Gasteiger charge is 1.92. The summed E-state index contributed by atoms with van der Waals surface area (Å²) in [4.78, 5) is 19.6. The minimum absolute atomic E-state index is 0.309. The topological polar surface area (TPSA) is 34.1 Å². The Kier molecular flexibility index (Phi) is 3.69. The number of Topliss-reactive ketones (excluding diaryl/α,β-unsaturated/α-hetero) is 1. The summed E-state index contributed by atoms with van der Waals surface area (Å²) >= 11 is 1.35. The van der Waals surface area contributed by atoms with E-state index < -0.39 is 0 Å². The van der Waals surface area contributed by atoms with E-state index in [0.717, 1.165) is 0 Å². The van der Waals surface area contributed by atoms with Crippen molar-refractivity contribution < 1.29 is 9.59 Å². The monoisotopic (exact) mass is 118 g/mol. The smallest absolute Gasteiger partial charge is 0.204 e. The van der Waals surface area contributed by atoms with Gasteiger partial charge in [-0.3, -0.25) is 9.59 Å². The van der Waals surface area contributed by atoms with Crippen molar-refractivity contribution in [3.05, 3.63) is 0 Å². The lowest BCUT2D eigenvalue weighted by Gasteiger charge is -1.80. The molecule has 0 N–H and O–H groups in total. The average Bonchev–Trinajstić information content (AvgIpc) is 1.68. The molecule has 40 valence electrons. The number of ketones is 1. The third kappa shape index (κ3) is 3.52. The first-order chi connectivity index (χ1) is 3.31. The molecule has 0 fully saturated rings. The summed E-state index contributed by atoms with van der Waals surface area (Å²) in [6.07, 6.45) is 2.12. The van der Waals surface area contributed by atoms with Crippen LogP contribution in [-0.2, 0) is 9.59 Å². The number of carbonyl (C=O) groups is 2. The second kappa shape index (κ2) is 3.87. The van der Waals surface area contributed by atoms with Crippen LogP contribution in [0.2, 0.25) is 0 Å². The Bertz CT molecular complexity index is 79.8.